The second kappa shape index (κ2) is 10.4. The summed E-state index contributed by atoms with van der Waals surface area (Å²) in [6, 6.07) is 11.9. The van der Waals surface area contributed by atoms with E-state index in [1.54, 1.807) is 24.7 Å². The Hall–Kier alpha value is -4.41. The van der Waals surface area contributed by atoms with Crippen LogP contribution in [0, 0.1) is 11.2 Å². The van der Waals surface area contributed by atoms with E-state index < -0.39 is 15.8 Å². The van der Waals surface area contributed by atoms with Crippen molar-refractivity contribution in [3.05, 3.63) is 113 Å². The summed E-state index contributed by atoms with van der Waals surface area (Å²) in [5.41, 5.74) is 13.3. The zero-order chi connectivity index (χ0) is 27.7. The molecule has 0 amide bonds. The Morgan fingerprint density at radius 3 is 2.77 bits per heavy atom. The number of pyridine rings is 2. The lowest BCUT2D eigenvalue weighted by Gasteiger charge is -2.10. The molecule has 5 N–H and O–H groups in total. The van der Waals surface area contributed by atoms with Crippen molar-refractivity contribution in [2.45, 2.75) is 19.9 Å². The lowest BCUT2D eigenvalue weighted by Crippen LogP contribution is -2.21. The van der Waals surface area contributed by atoms with Crippen LogP contribution in [0.1, 0.15) is 30.3 Å². The van der Waals surface area contributed by atoms with Crippen LogP contribution in [0.15, 0.2) is 90.1 Å². The molecular formula is C29H27FN6O2S. The highest BCUT2D eigenvalue weighted by Crippen LogP contribution is 2.32. The van der Waals surface area contributed by atoms with E-state index in [4.69, 9.17) is 11.1 Å². The molecule has 1 aliphatic rings. The van der Waals surface area contributed by atoms with Crippen LogP contribution < -0.4 is 10.5 Å². The van der Waals surface area contributed by atoms with E-state index in [9.17, 15) is 12.8 Å². The predicted octanol–water partition coefficient (Wildman–Crippen LogP) is 4.83. The SMILES string of the molecule is CC1=C(c2ccccn2)C=C(C(=N)c2cc3c(-c4cc(F)cc(CNS(C)(=O)=O)c4)cncc3[nH]2)C(N)=CC1. The Morgan fingerprint density at radius 2 is 2.03 bits per heavy atom. The summed E-state index contributed by atoms with van der Waals surface area (Å²) in [6.07, 6.45) is 10.5. The van der Waals surface area contributed by atoms with Crippen LogP contribution in [0.5, 0.6) is 0 Å². The highest BCUT2D eigenvalue weighted by Gasteiger charge is 2.19. The van der Waals surface area contributed by atoms with Crippen LogP contribution in [0.2, 0.25) is 0 Å². The fourth-order valence-corrected chi connectivity index (χ4v) is 4.98. The van der Waals surface area contributed by atoms with Crippen LogP contribution in [-0.2, 0) is 16.6 Å². The molecule has 8 nitrogen and oxygen atoms in total. The van der Waals surface area contributed by atoms with Crippen molar-refractivity contribution < 1.29 is 12.8 Å². The summed E-state index contributed by atoms with van der Waals surface area (Å²) < 4.78 is 39.9. The second-order valence-corrected chi connectivity index (χ2v) is 11.3. The number of allylic oxidation sites excluding steroid dienone is 5. The number of aromatic nitrogens is 3. The van der Waals surface area contributed by atoms with E-state index in [1.807, 2.05) is 43.3 Å². The number of hydrogen-bond acceptors (Lipinski definition) is 6. The number of benzene rings is 1. The first-order valence-electron chi connectivity index (χ1n) is 12.2. The van der Waals surface area contributed by atoms with Gasteiger partial charge in [0.1, 0.15) is 5.82 Å². The van der Waals surface area contributed by atoms with Crippen molar-refractivity contribution >= 4 is 32.2 Å². The van der Waals surface area contributed by atoms with Gasteiger partial charge in [0, 0.05) is 46.7 Å². The van der Waals surface area contributed by atoms with E-state index in [1.165, 1.54) is 12.1 Å². The molecule has 1 aliphatic carbocycles. The Kier molecular flexibility index (Phi) is 6.98. The number of nitrogens with zero attached hydrogens (tertiary/aromatic N) is 2. The van der Waals surface area contributed by atoms with Gasteiger partial charge in [0.15, 0.2) is 0 Å². The average Bonchev–Trinajstić information content (AvgIpc) is 3.29. The monoisotopic (exact) mass is 542 g/mol. The first kappa shape index (κ1) is 26.2. The molecule has 3 aromatic heterocycles. The Balaban J connectivity index is 1.55. The summed E-state index contributed by atoms with van der Waals surface area (Å²) >= 11 is 0. The van der Waals surface area contributed by atoms with Gasteiger partial charge in [0.25, 0.3) is 0 Å². The molecule has 0 bridgehead atoms. The van der Waals surface area contributed by atoms with Crippen molar-refractivity contribution in [2.75, 3.05) is 6.26 Å². The number of H-pyrrole nitrogens is 1. The molecular weight excluding hydrogens is 515 g/mol. The second-order valence-electron chi connectivity index (χ2n) is 9.48. The van der Waals surface area contributed by atoms with Gasteiger partial charge in [-0.25, -0.2) is 17.5 Å². The molecule has 0 fully saturated rings. The summed E-state index contributed by atoms with van der Waals surface area (Å²) in [4.78, 5) is 12.0. The van der Waals surface area contributed by atoms with Crippen LogP contribution in [-0.4, -0.2) is 35.3 Å². The minimum Gasteiger partial charge on any atom is -0.398 e. The highest BCUT2D eigenvalue weighted by molar-refractivity contribution is 7.88. The molecule has 39 heavy (non-hydrogen) atoms. The number of rotatable bonds is 7. The van der Waals surface area contributed by atoms with Gasteiger partial charge in [0.05, 0.1) is 35.1 Å². The lowest BCUT2D eigenvalue weighted by atomic mass is 9.98. The minimum atomic E-state index is -3.44. The molecule has 0 radical (unpaired) electrons. The minimum absolute atomic E-state index is 0.0403. The Morgan fingerprint density at radius 1 is 1.21 bits per heavy atom. The van der Waals surface area contributed by atoms with Crippen LogP contribution in [0.25, 0.3) is 27.6 Å². The fourth-order valence-electron chi connectivity index (χ4n) is 4.55. The molecule has 0 saturated carbocycles. The first-order chi connectivity index (χ1) is 18.6. The number of nitrogens with two attached hydrogens (primary N) is 1. The molecule has 0 saturated heterocycles. The first-order valence-corrected chi connectivity index (χ1v) is 14.1. The van der Waals surface area contributed by atoms with Crippen molar-refractivity contribution in [3.8, 4) is 11.1 Å². The largest absolute Gasteiger partial charge is 0.398 e. The summed E-state index contributed by atoms with van der Waals surface area (Å²) in [6.45, 7) is 1.98. The van der Waals surface area contributed by atoms with Gasteiger partial charge in [-0.2, -0.15) is 0 Å². The summed E-state index contributed by atoms with van der Waals surface area (Å²) in [7, 11) is -3.44. The third-order valence-corrected chi connectivity index (χ3v) is 7.19. The standard InChI is InChI=1S/C29H27FN6O2S/c1-17-6-7-25(31)23(12-21(17)26-5-3-4-8-34-26)29(32)27-13-22-24(15-33-16-28(22)36-27)19-9-18(10-20(30)11-19)14-35-39(2,37)38/h3-5,7-13,15-16,32,35-36H,6,14,31H2,1-2H3. The number of hydrogen-bond donors (Lipinski definition) is 4. The van der Waals surface area contributed by atoms with Crippen molar-refractivity contribution in [3.63, 3.8) is 0 Å². The molecule has 4 aromatic rings. The van der Waals surface area contributed by atoms with Gasteiger partial charge in [0.2, 0.25) is 10.0 Å². The van der Waals surface area contributed by atoms with Crippen LogP contribution in [0.4, 0.5) is 4.39 Å². The molecule has 0 aliphatic heterocycles. The van der Waals surface area contributed by atoms with Gasteiger partial charge < -0.3 is 10.7 Å². The normalized spacial score (nSPS) is 14.2. The molecule has 0 spiro atoms. The van der Waals surface area contributed by atoms with Gasteiger partial charge in [-0.15, -0.1) is 0 Å². The van der Waals surface area contributed by atoms with Crippen LogP contribution >= 0.6 is 0 Å². The highest BCUT2D eigenvalue weighted by atomic mass is 32.2. The molecule has 0 unspecified atom stereocenters. The Bertz CT molecular complexity index is 1800. The molecule has 5 rings (SSSR count). The zero-order valence-corrected chi connectivity index (χ0v) is 22.2. The fraction of sp³-hybridized carbons (Fsp3) is 0.138. The van der Waals surface area contributed by atoms with E-state index >= 15 is 0 Å². The quantitative estimate of drug-likeness (QED) is 0.248. The maximum absolute atomic E-state index is 14.5. The molecule has 0 atom stereocenters. The molecule has 198 valence electrons. The predicted molar refractivity (Wildman–Crippen MR) is 152 cm³/mol. The van der Waals surface area contributed by atoms with E-state index in [2.05, 4.69) is 19.7 Å². The van der Waals surface area contributed by atoms with E-state index in [-0.39, 0.29) is 12.3 Å². The van der Waals surface area contributed by atoms with Gasteiger partial charge in [-0.3, -0.25) is 15.4 Å². The third-order valence-electron chi connectivity index (χ3n) is 6.52. The average molecular weight is 543 g/mol. The maximum atomic E-state index is 14.5. The van der Waals surface area contributed by atoms with E-state index in [0.717, 1.165) is 28.5 Å². The number of halogens is 1. The number of sulfonamides is 1. The number of aromatic amines is 1. The van der Waals surface area contributed by atoms with Crippen molar-refractivity contribution in [1.29, 1.82) is 5.41 Å². The van der Waals surface area contributed by atoms with Crippen LogP contribution in [0.3, 0.4) is 0 Å². The Labute approximate surface area is 225 Å². The lowest BCUT2D eigenvalue weighted by molar-refractivity contribution is 0.586. The van der Waals surface area contributed by atoms with E-state index in [0.29, 0.717) is 45.6 Å². The molecule has 10 heteroatoms. The van der Waals surface area contributed by atoms with Gasteiger partial charge in [-0.05, 0) is 66.9 Å². The summed E-state index contributed by atoms with van der Waals surface area (Å²) in [5, 5.41) is 9.79. The third kappa shape index (κ3) is 5.71. The maximum Gasteiger partial charge on any atom is 0.209 e. The van der Waals surface area contributed by atoms with Gasteiger partial charge >= 0.3 is 0 Å². The molecule has 1 aromatic carbocycles. The van der Waals surface area contributed by atoms with Gasteiger partial charge in [-0.1, -0.05) is 17.7 Å². The van der Waals surface area contributed by atoms with Crippen molar-refractivity contribution in [2.24, 2.45) is 5.73 Å². The smallest absolute Gasteiger partial charge is 0.209 e. The topological polar surface area (TPSA) is 138 Å². The number of fused-ring (bicyclic) bond motifs is 1. The zero-order valence-electron chi connectivity index (χ0n) is 21.4. The number of nitrogens with one attached hydrogen (secondary N) is 3. The summed E-state index contributed by atoms with van der Waals surface area (Å²) in [5.74, 6) is -0.496. The molecule has 3 heterocycles. The van der Waals surface area contributed by atoms with Crippen molar-refractivity contribution in [1.82, 2.24) is 19.7 Å².